The van der Waals surface area contributed by atoms with Gasteiger partial charge in [-0.2, -0.15) is 0 Å². The van der Waals surface area contributed by atoms with Crippen molar-refractivity contribution in [2.24, 2.45) is 0 Å². The maximum Gasteiger partial charge on any atom is 0.170 e. The molecule has 84 valence electrons. The number of carbonyl (C=O) groups excluding carboxylic acids is 1. The summed E-state index contributed by atoms with van der Waals surface area (Å²) in [5, 5.41) is 0. The predicted molar refractivity (Wildman–Crippen MR) is 68.4 cm³/mol. The summed E-state index contributed by atoms with van der Waals surface area (Å²) >= 11 is 0. The Bertz CT molecular complexity index is 566. The van der Waals surface area contributed by atoms with Gasteiger partial charge in [0.2, 0.25) is 0 Å². The highest BCUT2D eigenvalue weighted by Gasteiger charge is 2.31. The lowest BCUT2D eigenvalue weighted by molar-refractivity contribution is 0.0949. The Hall–Kier alpha value is -1.89. The van der Waals surface area contributed by atoms with E-state index < -0.39 is 0 Å². The molecule has 1 heteroatoms. The molecule has 0 saturated heterocycles. The molecule has 1 aliphatic carbocycles. The summed E-state index contributed by atoms with van der Waals surface area (Å²) < 4.78 is 0. The maximum atomic E-state index is 12.3. The molecule has 0 amide bonds. The van der Waals surface area contributed by atoms with Crippen LogP contribution in [0.2, 0.25) is 0 Å². The molecule has 0 saturated carbocycles. The quantitative estimate of drug-likeness (QED) is 0.710. The first-order chi connectivity index (χ1) is 8.25. The number of hydrogen-bond acceptors (Lipinski definition) is 1. The number of rotatable bonds is 2. The van der Waals surface area contributed by atoms with Crippen molar-refractivity contribution in [2.45, 2.75) is 19.3 Å². The van der Waals surface area contributed by atoms with Gasteiger partial charge in [0.25, 0.3) is 0 Å². The molecule has 0 aliphatic heterocycles. The maximum absolute atomic E-state index is 12.3. The van der Waals surface area contributed by atoms with Crippen LogP contribution in [0.5, 0.6) is 0 Å². The fraction of sp³-hybridized carbons (Fsp3) is 0.188. The van der Waals surface area contributed by atoms with Crippen molar-refractivity contribution in [2.75, 3.05) is 0 Å². The average molecular weight is 222 g/mol. The van der Waals surface area contributed by atoms with Gasteiger partial charge in [-0.3, -0.25) is 4.79 Å². The summed E-state index contributed by atoms with van der Waals surface area (Å²) in [6.07, 6.45) is 0.892. The highest BCUT2D eigenvalue weighted by molar-refractivity contribution is 6.02. The number of ketones is 1. The Morgan fingerprint density at radius 2 is 1.76 bits per heavy atom. The van der Waals surface area contributed by atoms with Crippen LogP contribution in [0.3, 0.4) is 0 Å². The Morgan fingerprint density at radius 1 is 1.06 bits per heavy atom. The van der Waals surface area contributed by atoms with Crippen LogP contribution < -0.4 is 0 Å². The summed E-state index contributed by atoms with van der Waals surface area (Å²) in [6, 6.07) is 16.1. The van der Waals surface area contributed by atoms with E-state index in [9.17, 15) is 4.79 Å². The van der Waals surface area contributed by atoms with Crippen molar-refractivity contribution >= 4 is 5.78 Å². The van der Waals surface area contributed by atoms with Gasteiger partial charge in [0.1, 0.15) is 0 Å². The van der Waals surface area contributed by atoms with Gasteiger partial charge in [-0.1, -0.05) is 54.1 Å². The third-order valence-corrected chi connectivity index (χ3v) is 3.51. The second kappa shape index (κ2) is 3.85. The SMILES string of the molecule is Cc1ccc(C(=O)C2Cc3ccccc32)cc1. The van der Waals surface area contributed by atoms with Crippen LogP contribution in [0, 0.1) is 6.92 Å². The minimum atomic E-state index is 0.0777. The van der Waals surface area contributed by atoms with Crippen LogP contribution >= 0.6 is 0 Å². The van der Waals surface area contributed by atoms with Crippen LogP contribution in [-0.4, -0.2) is 5.78 Å². The molecule has 1 nitrogen and oxygen atoms in total. The minimum absolute atomic E-state index is 0.0777. The Balaban J connectivity index is 1.88. The summed E-state index contributed by atoms with van der Waals surface area (Å²) in [4.78, 5) is 12.3. The van der Waals surface area contributed by atoms with Crippen LogP contribution in [0.4, 0.5) is 0 Å². The van der Waals surface area contributed by atoms with Crippen LogP contribution in [0.15, 0.2) is 48.5 Å². The first kappa shape index (κ1) is 10.3. The van der Waals surface area contributed by atoms with Crippen molar-refractivity contribution in [3.05, 3.63) is 70.8 Å². The van der Waals surface area contributed by atoms with E-state index in [1.807, 2.05) is 43.3 Å². The van der Waals surface area contributed by atoms with Crippen molar-refractivity contribution in [1.82, 2.24) is 0 Å². The molecule has 2 aromatic rings. The van der Waals surface area contributed by atoms with E-state index in [2.05, 4.69) is 12.1 Å². The topological polar surface area (TPSA) is 17.1 Å². The molecule has 1 unspecified atom stereocenters. The molecular weight excluding hydrogens is 208 g/mol. The molecule has 0 bridgehead atoms. The molecule has 1 aliphatic rings. The molecule has 0 spiro atoms. The average Bonchev–Trinajstić information content (AvgIpc) is 2.31. The van der Waals surface area contributed by atoms with E-state index in [1.165, 1.54) is 16.7 Å². The van der Waals surface area contributed by atoms with Crippen molar-refractivity contribution < 1.29 is 4.79 Å². The molecule has 0 N–H and O–H groups in total. The molecule has 3 rings (SSSR count). The van der Waals surface area contributed by atoms with E-state index in [0.717, 1.165) is 12.0 Å². The van der Waals surface area contributed by atoms with Gasteiger partial charge in [-0.05, 0) is 24.5 Å². The zero-order chi connectivity index (χ0) is 11.8. The molecule has 1 atom stereocenters. The lowest BCUT2D eigenvalue weighted by Gasteiger charge is -2.28. The smallest absolute Gasteiger partial charge is 0.170 e. The zero-order valence-electron chi connectivity index (χ0n) is 9.81. The Morgan fingerprint density at radius 3 is 2.47 bits per heavy atom. The lowest BCUT2D eigenvalue weighted by Crippen LogP contribution is -2.25. The Kier molecular flexibility index (Phi) is 2.32. The second-order valence-corrected chi connectivity index (χ2v) is 4.69. The van der Waals surface area contributed by atoms with Gasteiger partial charge < -0.3 is 0 Å². The van der Waals surface area contributed by atoms with Crippen LogP contribution in [-0.2, 0) is 6.42 Å². The van der Waals surface area contributed by atoms with Crippen LogP contribution in [0.1, 0.15) is 33.0 Å². The second-order valence-electron chi connectivity index (χ2n) is 4.69. The number of fused-ring (bicyclic) bond motifs is 1. The largest absolute Gasteiger partial charge is 0.293 e. The van der Waals surface area contributed by atoms with Gasteiger partial charge in [0.05, 0.1) is 5.92 Å². The Labute approximate surface area is 101 Å². The van der Waals surface area contributed by atoms with E-state index in [4.69, 9.17) is 0 Å². The standard InChI is InChI=1S/C16H14O/c1-11-6-8-12(9-7-11)16(17)15-10-13-4-2-3-5-14(13)15/h2-9,15H,10H2,1H3. The fourth-order valence-electron chi connectivity index (χ4n) is 2.41. The lowest BCUT2D eigenvalue weighted by atomic mass is 9.74. The van der Waals surface area contributed by atoms with Gasteiger partial charge in [-0.15, -0.1) is 0 Å². The first-order valence-corrected chi connectivity index (χ1v) is 5.94. The number of Topliss-reactive ketones (excluding diaryl/α,β-unsaturated/α-hetero) is 1. The number of aryl methyl sites for hydroxylation is 1. The van der Waals surface area contributed by atoms with Crippen LogP contribution in [0.25, 0.3) is 0 Å². The van der Waals surface area contributed by atoms with E-state index in [0.29, 0.717) is 0 Å². The third-order valence-electron chi connectivity index (χ3n) is 3.51. The van der Waals surface area contributed by atoms with E-state index in [1.54, 1.807) is 0 Å². The molecule has 17 heavy (non-hydrogen) atoms. The normalized spacial score (nSPS) is 17.1. The summed E-state index contributed by atoms with van der Waals surface area (Å²) in [5.74, 6) is 0.331. The molecule has 0 heterocycles. The number of benzene rings is 2. The summed E-state index contributed by atoms with van der Waals surface area (Å²) in [6.45, 7) is 2.03. The molecule has 0 aromatic heterocycles. The molecular formula is C16H14O. The summed E-state index contributed by atoms with van der Waals surface area (Å²) in [5.41, 5.74) is 4.54. The monoisotopic (exact) mass is 222 g/mol. The van der Waals surface area contributed by atoms with Gasteiger partial charge >= 0.3 is 0 Å². The minimum Gasteiger partial charge on any atom is -0.293 e. The van der Waals surface area contributed by atoms with E-state index in [-0.39, 0.29) is 11.7 Å². The highest BCUT2D eigenvalue weighted by Crippen LogP contribution is 2.37. The molecule has 0 fully saturated rings. The molecule has 2 aromatic carbocycles. The molecule has 0 radical (unpaired) electrons. The fourth-order valence-corrected chi connectivity index (χ4v) is 2.41. The van der Waals surface area contributed by atoms with E-state index >= 15 is 0 Å². The zero-order valence-corrected chi connectivity index (χ0v) is 9.81. The van der Waals surface area contributed by atoms with Gasteiger partial charge in [0, 0.05) is 5.56 Å². The number of carbonyl (C=O) groups is 1. The number of hydrogen-bond donors (Lipinski definition) is 0. The van der Waals surface area contributed by atoms with Gasteiger partial charge in [0.15, 0.2) is 5.78 Å². The third kappa shape index (κ3) is 1.68. The van der Waals surface area contributed by atoms with Crippen molar-refractivity contribution in [3.63, 3.8) is 0 Å². The van der Waals surface area contributed by atoms with Crippen molar-refractivity contribution in [3.8, 4) is 0 Å². The van der Waals surface area contributed by atoms with Crippen molar-refractivity contribution in [1.29, 1.82) is 0 Å². The van der Waals surface area contributed by atoms with Gasteiger partial charge in [-0.25, -0.2) is 0 Å². The first-order valence-electron chi connectivity index (χ1n) is 5.94. The summed E-state index contributed by atoms with van der Waals surface area (Å²) in [7, 11) is 0. The highest BCUT2D eigenvalue weighted by atomic mass is 16.1. The predicted octanol–water partition coefficient (Wildman–Crippen LogP) is 3.52.